The molecule has 0 aromatic rings. The molecule has 3 fully saturated rings. The van der Waals surface area contributed by atoms with Crippen molar-refractivity contribution in [3.05, 3.63) is 23.8 Å². The van der Waals surface area contributed by atoms with Crippen molar-refractivity contribution in [3.63, 3.8) is 0 Å². The van der Waals surface area contributed by atoms with Gasteiger partial charge in [-0.3, -0.25) is 9.59 Å². The second-order valence-corrected chi connectivity index (χ2v) is 10.9. The molecule has 3 unspecified atom stereocenters. The van der Waals surface area contributed by atoms with Gasteiger partial charge in [0.1, 0.15) is 12.4 Å². The number of ketones is 1. The van der Waals surface area contributed by atoms with Gasteiger partial charge in [-0.05, 0) is 61.0 Å². The first-order chi connectivity index (χ1) is 15.3. The van der Waals surface area contributed by atoms with E-state index in [0.717, 1.165) is 37.7 Å². The molecule has 176 valence electrons. The topological polar surface area (TPSA) is 71.1 Å². The number of ether oxygens (including phenoxy) is 4. The van der Waals surface area contributed by atoms with Crippen molar-refractivity contribution < 1.29 is 28.5 Å². The molecule has 6 heteroatoms. The van der Waals surface area contributed by atoms with Crippen LogP contribution in [0, 0.1) is 28.6 Å². The van der Waals surface area contributed by atoms with Crippen LogP contribution in [0.1, 0.15) is 58.8 Å². The van der Waals surface area contributed by atoms with Crippen LogP contribution in [0.15, 0.2) is 23.8 Å². The van der Waals surface area contributed by atoms with Gasteiger partial charge in [0.15, 0.2) is 5.78 Å². The molecular weight excluding hydrogens is 408 g/mol. The molecule has 1 spiro atoms. The average molecular weight is 445 g/mol. The summed E-state index contributed by atoms with van der Waals surface area (Å²) in [4.78, 5) is 24.4. The smallest absolute Gasteiger partial charge is 0.306 e. The maximum atomic E-state index is 12.2. The van der Waals surface area contributed by atoms with Crippen LogP contribution in [0.25, 0.3) is 0 Å². The molecule has 1 saturated heterocycles. The van der Waals surface area contributed by atoms with Crippen LogP contribution in [0.2, 0.25) is 0 Å². The molecule has 0 radical (unpaired) electrons. The minimum atomic E-state index is -0.369. The van der Waals surface area contributed by atoms with E-state index in [1.54, 1.807) is 7.11 Å². The highest BCUT2D eigenvalue weighted by molar-refractivity contribution is 5.92. The fourth-order valence-corrected chi connectivity index (χ4v) is 7.87. The highest BCUT2D eigenvalue weighted by Gasteiger charge is 2.68. The van der Waals surface area contributed by atoms with Crippen molar-refractivity contribution >= 4 is 11.8 Å². The molecule has 0 bridgehead atoms. The van der Waals surface area contributed by atoms with E-state index in [4.69, 9.17) is 18.9 Å². The Morgan fingerprint density at radius 3 is 2.72 bits per heavy atom. The van der Waals surface area contributed by atoms with Gasteiger partial charge in [-0.15, -0.1) is 0 Å². The molecule has 6 nitrogen and oxygen atoms in total. The molecular formula is C26H36O6. The third-order valence-electron chi connectivity index (χ3n) is 9.56. The number of methoxy groups -OCH3 is 1. The lowest BCUT2D eigenvalue weighted by atomic mass is 9.47. The number of carbonyl (C=O) groups is 2. The van der Waals surface area contributed by atoms with Crippen molar-refractivity contribution in [2.75, 3.05) is 27.1 Å². The van der Waals surface area contributed by atoms with Gasteiger partial charge in [-0.2, -0.15) is 0 Å². The number of fused-ring (bicyclic) bond motifs is 6. The number of carbonyl (C=O) groups excluding carboxylic acids is 2. The molecule has 2 saturated carbocycles. The second kappa shape index (κ2) is 8.07. The van der Waals surface area contributed by atoms with Gasteiger partial charge in [0, 0.05) is 31.3 Å². The average Bonchev–Trinajstić information content (AvgIpc) is 3.28. The first kappa shape index (κ1) is 22.3. The molecule has 1 aliphatic heterocycles. The molecule has 0 amide bonds. The molecule has 32 heavy (non-hydrogen) atoms. The lowest BCUT2D eigenvalue weighted by molar-refractivity contribution is -0.203. The predicted molar refractivity (Wildman–Crippen MR) is 118 cm³/mol. The summed E-state index contributed by atoms with van der Waals surface area (Å²) in [6.07, 6.45) is 12.0. The standard InChI is InChI=1S/C26H36O6/c1-24-9-6-18(27)14-17(24)4-5-19-20-7-10-26(11-8-22(28)32-26)25(20,2)15-21(23(19)24)31-16-30-13-12-29-3/h4-5,14,19-21,23H,6-13,15-16H2,1-3H3/t19?,20?,21-,23?,24+,25+,26-/m1/s1. The monoisotopic (exact) mass is 444 g/mol. The normalized spacial score (nSPS) is 44.8. The SMILES string of the molecule is COCCOCO[C@@H]1C[C@@]2(C)C(CC[C@@]23CCC(=O)O3)C2C=CC3=CC(=O)CC[C@]3(C)C21. The van der Waals surface area contributed by atoms with E-state index in [9.17, 15) is 9.59 Å². The lowest BCUT2D eigenvalue weighted by Crippen LogP contribution is -2.59. The zero-order chi connectivity index (χ0) is 22.6. The summed E-state index contributed by atoms with van der Waals surface area (Å²) in [7, 11) is 1.66. The molecule has 0 aromatic heterocycles. The number of esters is 1. The Morgan fingerprint density at radius 2 is 1.97 bits per heavy atom. The van der Waals surface area contributed by atoms with Gasteiger partial charge in [0.2, 0.25) is 0 Å². The van der Waals surface area contributed by atoms with E-state index < -0.39 is 0 Å². The van der Waals surface area contributed by atoms with Crippen LogP contribution < -0.4 is 0 Å². The fraction of sp³-hybridized carbons (Fsp3) is 0.769. The van der Waals surface area contributed by atoms with E-state index in [1.807, 2.05) is 6.08 Å². The van der Waals surface area contributed by atoms with Gasteiger partial charge >= 0.3 is 5.97 Å². The predicted octanol–water partition coefficient (Wildman–Crippen LogP) is 3.99. The van der Waals surface area contributed by atoms with Gasteiger partial charge in [0.05, 0.1) is 19.3 Å². The van der Waals surface area contributed by atoms with Crippen molar-refractivity contribution in [1.82, 2.24) is 0 Å². The number of hydrogen-bond acceptors (Lipinski definition) is 6. The van der Waals surface area contributed by atoms with E-state index >= 15 is 0 Å². The Kier molecular flexibility index (Phi) is 5.62. The first-order valence-electron chi connectivity index (χ1n) is 12.2. The second-order valence-electron chi connectivity index (χ2n) is 10.9. The molecule has 7 atom stereocenters. The maximum Gasteiger partial charge on any atom is 0.306 e. The van der Waals surface area contributed by atoms with Gasteiger partial charge in [-0.25, -0.2) is 0 Å². The Hall–Kier alpha value is -1.50. The van der Waals surface area contributed by atoms with Gasteiger partial charge < -0.3 is 18.9 Å². The summed E-state index contributed by atoms with van der Waals surface area (Å²) in [5, 5.41) is 0. The highest BCUT2D eigenvalue weighted by atomic mass is 16.7. The Labute approximate surface area is 190 Å². The van der Waals surface area contributed by atoms with Crippen molar-refractivity contribution in [3.8, 4) is 0 Å². The molecule has 0 N–H and O–H groups in total. The number of allylic oxidation sites excluding steroid dienone is 4. The van der Waals surface area contributed by atoms with Crippen LogP contribution in [-0.2, 0) is 28.5 Å². The Balaban J connectivity index is 1.49. The van der Waals surface area contributed by atoms with Crippen molar-refractivity contribution in [2.45, 2.75) is 70.5 Å². The number of rotatable bonds is 6. The Morgan fingerprint density at radius 1 is 1.12 bits per heavy atom. The third kappa shape index (κ3) is 3.24. The van der Waals surface area contributed by atoms with Crippen molar-refractivity contribution in [1.29, 1.82) is 0 Å². The molecule has 5 rings (SSSR count). The minimum absolute atomic E-state index is 0.0235. The maximum absolute atomic E-state index is 12.2. The summed E-state index contributed by atoms with van der Waals surface area (Å²) >= 11 is 0. The number of hydrogen-bond donors (Lipinski definition) is 0. The summed E-state index contributed by atoms with van der Waals surface area (Å²) in [6.45, 7) is 5.90. The molecule has 1 heterocycles. The zero-order valence-electron chi connectivity index (χ0n) is 19.6. The van der Waals surface area contributed by atoms with Crippen LogP contribution in [-0.4, -0.2) is 50.6 Å². The summed E-state index contributed by atoms with van der Waals surface area (Å²) in [5.41, 5.74) is 0.566. The van der Waals surface area contributed by atoms with Crippen LogP contribution in [0.4, 0.5) is 0 Å². The van der Waals surface area contributed by atoms with Gasteiger partial charge in [-0.1, -0.05) is 26.0 Å². The van der Waals surface area contributed by atoms with Crippen LogP contribution >= 0.6 is 0 Å². The lowest BCUT2D eigenvalue weighted by Gasteiger charge is -2.59. The summed E-state index contributed by atoms with van der Waals surface area (Å²) in [6, 6.07) is 0. The summed E-state index contributed by atoms with van der Waals surface area (Å²) < 4.78 is 23.4. The third-order valence-corrected chi connectivity index (χ3v) is 9.56. The Bertz CT molecular complexity index is 847. The van der Waals surface area contributed by atoms with E-state index in [0.29, 0.717) is 37.9 Å². The largest absolute Gasteiger partial charge is 0.458 e. The summed E-state index contributed by atoms with van der Waals surface area (Å²) in [5.74, 6) is 1.23. The molecule has 5 aliphatic rings. The molecule has 0 aromatic carbocycles. The quantitative estimate of drug-likeness (QED) is 0.351. The molecule has 4 aliphatic carbocycles. The fourth-order valence-electron chi connectivity index (χ4n) is 7.87. The van der Waals surface area contributed by atoms with E-state index in [-0.39, 0.29) is 47.0 Å². The highest BCUT2D eigenvalue weighted by Crippen LogP contribution is 2.69. The van der Waals surface area contributed by atoms with Gasteiger partial charge in [0.25, 0.3) is 0 Å². The first-order valence-corrected chi connectivity index (χ1v) is 12.2. The van der Waals surface area contributed by atoms with Crippen molar-refractivity contribution in [2.24, 2.45) is 28.6 Å². The van der Waals surface area contributed by atoms with Crippen LogP contribution in [0.5, 0.6) is 0 Å². The van der Waals surface area contributed by atoms with E-state index in [2.05, 4.69) is 26.0 Å². The van der Waals surface area contributed by atoms with Crippen LogP contribution in [0.3, 0.4) is 0 Å². The van der Waals surface area contributed by atoms with E-state index in [1.165, 1.54) is 0 Å². The minimum Gasteiger partial charge on any atom is -0.458 e. The zero-order valence-corrected chi connectivity index (χ0v) is 19.6.